The quantitative estimate of drug-likeness (QED) is 0.0739. The average Bonchev–Trinajstić information content (AvgIpc) is 2.95. The lowest BCUT2D eigenvalue weighted by molar-refractivity contribution is -0.138. The van der Waals surface area contributed by atoms with Crippen LogP contribution in [0, 0.1) is 0 Å². The fourth-order valence-corrected chi connectivity index (χ4v) is 3.73. The SMILES string of the molecule is Nc1ccc(S(=O)(=O)O)cc1.Nc1ccccc1C(=O)O.O=C(O)CCCCCCCCC(=O)O.O=C(O)c1ccccc1O. The highest BCUT2D eigenvalue weighted by Crippen LogP contribution is 2.14. The molecule has 3 rings (SSSR count). The van der Waals surface area contributed by atoms with Gasteiger partial charge in [0.15, 0.2) is 0 Å². The van der Waals surface area contributed by atoms with E-state index in [1.807, 2.05) is 0 Å². The van der Waals surface area contributed by atoms with E-state index in [-0.39, 0.29) is 34.6 Å². The zero-order chi connectivity index (χ0) is 34.4. The number of hydrogen-bond acceptors (Lipinski definition) is 9. The molecule has 45 heavy (non-hydrogen) atoms. The predicted octanol–water partition coefficient (Wildman–Crippen LogP) is 4.85. The lowest BCUT2D eigenvalue weighted by Gasteiger charge is -1.98. The van der Waals surface area contributed by atoms with Gasteiger partial charge in [-0.05, 0) is 61.4 Å². The molecule has 0 heterocycles. The van der Waals surface area contributed by atoms with E-state index in [4.69, 9.17) is 41.6 Å². The van der Waals surface area contributed by atoms with Crippen molar-refractivity contribution in [3.8, 4) is 5.75 Å². The first-order chi connectivity index (χ1) is 21.1. The summed E-state index contributed by atoms with van der Waals surface area (Å²) in [4.78, 5) is 40.7. The van der Waals surface area contributed by atoms with Gasteiger partial charge in [-0.2, -0.15) is 8.42 Å². The maximum Gasteiger partial charge on any atom is 0.339 e. The van der Waals surface area contributed by atoms with Gasteiger partial charge in [-0.15, -0.1) is 0 Å². The maximum atomic E-state index is 10.5. The molecule has 3 aromatic rings. The van der Waals surface area contributed by atoms with E-state index in [0.717, 1.165) is 38.5 Å². The number of aromatic carboxylic acids is 2. The number of carbonyl (C=O) groups is 4. The summed E-state index contributed by atoms with van der Waals surface area (Å²) in [5.41, 5.74) is 11.5. The van der Waals surface area contributed by atoms with Gasteiger partial charge in [0.25, 0.3) is 10.1 Å². The van der Waals surface area contributed by atoms with Crippen LogP contribution in [0.4, 0.5) is 11.4 Å². The van der Waals surface area contributed by atoms with E-state index in [9.17, 15) is 27.6 Å². The molecule has 0 bridgehead atoms. The molecule has 3 aromatic carbocycles. The van der Waals surface area contributed by atoms with Crippen molar-refractivity contribution in [3.05, 3.63) is 83.9 Å². The van der Waals surface area contributed by atoms with Crippen molar-refractivity contribution >= 4 is 45.4 Å². The molecule has 0 unspecified atom stereocenters. The van der Waals surface area contributed by atoms with Gasteiger partial charge in [-0.1, -0.05) is 49.9 Å². The van der Waals surface area contributed by atoms with Crippen LogP contribution in [-0.2, 0) is 19.7 Å². The van der Waals surface area contributed by atoms with Crippen molar-refractivity contribution < 1.29 is 57.7 Å². The van der Waals surface area contributed by atoms with Crippen LogP contribution >= 0.6 is 0 Å². The van der Waals surface area contributed by atoms with E-state index >= 15 is 0 Å². The number of nitrogens with two attached hydrogens (primary N) is 2. The Bertz CT molecular complexity index is 1400. The van der Waals surface area contributed by atoms with Crippen LogP contribution in [0.25, 0.3) is 0 Å². The zero-order valence-corrected chi connectivity index (χ0v) is 25.1. The third-order valence-corrected chi connectivity index (χ3v) is 6.40. The second kappa shape index (κ2) is 21.5. The molecule has 0 amide bonds. The van der Waals surface area contributed by atoms with Gasteiger partial charge in [0, 0.05) is 24.2 Å². The minimum atomic E-state index is -4.08. The first-order valence-corrected chi connectivity index (χ1v) is 14.9. The van der Waals surface area contributed by atoms with Crippen molar-refractivity contribution in [2.24, 2.45) is 0 Å². The van der Waals surface area contributed by atoms with Gasteiger partial charge in [0.05, 0.1) is 10.5 Å². The Balaban J connectivity index is 0.000000578. The summed E-state index contributed by atoms with van der Waals surface area (Å²) < 4.78 is 29.4. The van der Waals surface area contributed by atoms with Gasteiger partial charge in [-0.3, -0.25) is 14.1 Å². The molecule has 0 aliphatic rings. The number of rotatable bonds is 12. The summed E-state index contributed by atoms with van der Waals surface area (Å²) in [5, 5.41) is 42.5. The smallest absolute Gasteiger partial charge is 0.339 e. The molecule has 0 spiro atoms. The number of aliphatic carboxylic acids is 2. The van der Waals surface area contributed by atoms with Gasteiger partial charge >= 0.3 is 23.9 Å². The summed E-state index contributed by atoms with van der Waals surface area (Å²) >= 11 is 0. The number of para-hydroxylation sites is 2. The van der Waals surface area contributed by atoms with Crippen molar-refractivity contribution in [1.82, 2.24) is 0 Å². The number of hydrogen-bond donors (Lipinski definition) is 8. The number of nitrogen functional groups attached to an aromatic ring is 2. The number of anilines is 2. The topological polar surface area (TPSA) is 276 Å². The molecule has 0 aliphatic heterocycles. The largest absolute Gasteiger partial charge is 0.507 e. The Morgan fingerprint density at radius 2 is 0.978 bits per heavy atom. The predicted molar refractivity (Wildman–Crippen MR) is 166 cm³/mol. The summed E-state index contributed by atoms with van der Waals surface area (Å²) in [6.07, 6.45) is 5.82. The molecule has 0 radical (unpaired) electrons. The number of carboxylic acids is 4. The Morgan fingerprint density at radius 1 is 0.578 bits per heavy atom. The zero-order valence-electron chi connectivity index (χ0n) is 24.3. The average molecular weight is 651 g/mol. The van der Waals surface area contributed by atoms with Crippen molar-refractivity contribution in [2.75, 3.05) is 11.5 Å². The van der Waals surface area contributed by atoms with Crippen molar-refractivity contribution in [1.29, 1.82) is 0 Å². The second-order valence-electron chi connectivity index (χ2n) is 9.17. The summed E-state index contributed by atoms with van der Waals surface area (Å²) in [6, 6.07) is 17.5. The normalized spacial score (nSPS) is 9.98. The Morgan fingerprint density at radius 3 is 1.31 bits per heavy atom. The summed E-state index contributed by atoms with van der Waals surface area (Å²) in [5.74, 6) is -3.78. The van der Waals surface area contributed by atoms with Crippen LogP contribution in [0.2, 0.25) is 0 Å². The Kier molecular flexibility index (Phi) is 19.1. The van der Waals surface area contributed by atoms with Gasteiger partial charge in [0.2, 0.25) is 0 Å². The maximum absolute atomic E-state index is 10.5. The third kappa shape index (κ3) is 19.6. The van der Waals surface area contributed by atoms with Crippen LogP contribution < -0.4 is 11.5 Å². The third-order valence-electron chi connectivity index (χ3n) is 5.53. The molecule has 0 aliphatic carbocycles. The minimum absolute atomic E-state index is 0.0671. The molecule has 10 N–H and O–H groups in total. The van der Waals surface area contributed by atoms with E-state index in [1.165, 1.54) is 42.5 Å². The molecule has 0 atom stereocenters. The summed E-state index contributed by atoms with van der Waals surface area (Å²) in [7, 11) is -4.08. The van der Waals surface area contributed by atoms with Crippen molar-refractivity contribution in [2.45, 2.75) is 56.3 Å². The standard InChI is InChI=1S/C10H18O4.C7H7NO2.C7H6O3.C6H7NO3S/c11-9(12)7-5-3-1-2-4-6-8-10(13)14;2*8-6-4-2-1-3-5(6)7(9)10;7-5-1-3-6(4-2-5)11(8,9)10/h1-8H2,(H,11,12)(H,13,14);1-4H,8H2,(H,9,10);1-4,8H,(H,9,10);1-4H,7H2,(H,8,9,10). The molecule has 14 nitrogen and oxygen atoms in total. The number of benzene rings is 3. The van der Waals surface area contributed by atoms with Crippen molar-refractivity contribution in [3.63, 3.8) is 0 Å². The van der Waals surface area contributed by atoms with E-state index in [2.05, 4.69) is 0 Å². The minimum Gasteiger partial charge on any atom is -0.507 e. The van der Waals surface area contributed by atoms with Crippen LogP contribution in [0.15, 0.2) is 77.7 Å². The van der Waals surface area contributed by atoms with Crippen LogP contribution in [-0.4, -0.2) is 62.4 Å². The molecule has 0 saturated carbocycles. The summed E-state index contributed by atoms with van der Waals surface area (Å²) in [6.45, 7) is 0. The molecule has 246 valence electrons. The number of carboxylic acid groups (broad SMARTS) is 4. The van der Waals surface area contributed by atoms with Gasteiger partial charge < -0.3 is 37.0 Å². The Hall–Kier alpha value is -5.15. The van der Waals surface area contributed by atoms with Crippen LogP contribution in [0.5, 0.6) is 5.75 Å². The number of phenols is 1. The highest BCUT2D eigenvalue weighted by molar-refractivity contribution is 7.85. The van der Waals surface area contributed by atoms with E-state index < -0.39 is 34.0 Å². The van der Waals surface area contributed by atoms with Gasteiger partial charge in [-0.25, -0.2) is 9.59 Å². The monoisotopic (exact) mass is 650 g/mol. The molecule has 0 saturated heterocycles. The number of aromatic hydroxyl groups is 1. The number of unbranched alkanes of at least 4 members (excludes halogenated alkanes) is 5. The Labute approximate surface area is 260 Å². The van der Waals surface area contributed by atoms with E-state index in [1.54, 1.807) is 30.3 Å². The van der Waals surface area contributed by atoms with E-state index in [0.29, 0.717) is 11.4 Å². The molecular weight excluding hydrogens is 612 g/mol. The fourth-order valence-electron chi connectivity index (χ4n) is 3.25. The highest BCUT2D eigenvalue weighted by atomic mass is 32.2. The fraction of sp³-hybridized carbons (Fsp3) is 0.267. The van der Waals surface area contributed by atoms with Crippen LogP contribution in [0.1, 0.15) is 72.1 Å². The first-order valence-electron chi connectivity index (χ1n) is 13.4. The molecule has 0 aromatic heterocycles. The first kappa shape index (κ1) is 39.8. The van der Waals surface area contributed by atoms with Gasteiger partial charge in [0.1, 0.15) is 11.3 Å². The molecule has 15 heteroatoms. The molecule has 0 fully saturated rings. The van der Waals surface area contributed by atoms with Crippen LogP contribution in [0.3, 0.4) is 0 Å². The highest BCUT2D eigenvalue weighted by Gasteiger charge is 2.07. The molecular formula is C30H38N2O12S. The second-order valence-corrected chi connectivity index (χ2v) is 10.6. The lowest BCUT2D eigenvalue weighted by atomic mass is 10.1. The lowest BCUT2D eigenvalue weighted by Crippen LogP contribution is -2.00.